The van der Waals surface area contributed by atoms with Gasteiger partial charge in [-0.1, -0.05) is 20.4 Å². The first-order valence-electron chi connectivity index (χ1n) is 7.96. The first kappa shape index (κ1) is 12.0. The average molecular weight is 260 g/mol. The van der Waals surface area contributed by atoms with Crippen molar-refractivity contribution in [3.05, 3.63) is 12.7 Å². The minimum Gasteiger partial charge on any atom is -0.459 e. The van der Waals surface area contributed by atoms with Crippen LogP contribution in [0.15, 0.2) is 12.7 Å². The zero-order valence-corrected chi connectivity index (χ0v) is 11.9. The van der Waals surface area contributed by atoms with Gasteiger partial charge in [0.15, 0.2) is 0 Å². The number of hydrogen-bond acceptors (Lipinski definition) is 2. The summed E-state index contributed by atoms with van der Waals surface area (Å²) in [6.45, 7) is 8.40. The summed E-state index contributed by atoms with van der Waals surface area (Å²) in [5.74, 6) is 6.60. The molecule has 9 unspecified atom stereocenters. The Morgan fingerprint density at radius 1 is 1.05 bits per heavy atom. The molecule has 0 heterocycles. The van der Waals surface area contributed by atoms with Crippen LogP contribution in [0.4, 0.5) is 0 Å². The van der Waals surface area contributed by atoms with Crippen LogP contribution in [-0.4, -0.2) is 12.1 Å². The van der Waals surface area contributed by atoms with Crippen LogP contribution in [0, 0.1) is 47.3 Å². The maximum absolute atomic E-state index is 11.5. The van der Waals surface area contributed by atoms with Crippen LogP contribution in [0.3, 0.4) is 0 Å². The summed E-state index contributed by atoms with van der Waals surface area (Å²) >= 11 is 0. The van der Waals surface area contributed by atoms with Crippen LogP contribution < -0.4 is 0 Å². The zero-order valence-electron chi connectivity index (χ0n) is 11.9. The van der Waals surface area contributed by atoms with E-state index >= 15 is 0 Å². The van der Waals surface area contributed by atoms with E-state index in [0.717, 1.165) is 47.8 Å². The molecule has 0 aromatic heterocycles. The van der Waals surface area contributed by atoms with E-state index in [9.17, 15) is 4.79 Å². The van der Waals surface area contributed by atoms with E-state index in [0.29, 0.717) is 5.92 Å². The molecule has 0 aromatic rings. The van der Waals surface area contributed by atoms with Gasteiger partial charge in [0.05, 0.1) is 0 Å². The van der Waals surface area contributed by atoms with Crippen molar-refractivity contribution in [1.82, 2.24) is 0 Å². The molecule has 2 heteroatoms. The van der Waals surface area contributed by atoms with Crippen molar-refractivity contribution in [2.75, 3.05) is 0 Å². The molecule has 4 aliphatic carbocycles. The molecule has 9 atom stereocenters. The Kier molecular flexibility index (Phi) is 2.44. The van der Waals surface area contributed by atoms with Gasteiger partial charge in [-0.2, -0.15) is 0 Å². The van der Waals surface area contributed by atoms with E-state index < -0.39 is 0 Å². The molecule has 0 amide bonds. The van der Waals surface area contributed by atoms with Crippen LogP contribution >= 0.6 is 0 Å². The van der Waals surface area contributed by atoms with Gasteiger partial charge in [-0.05, 0) is 60.7 Å². The van der Waals surface area contributed by atoms with Gasteiger partial charge in [0.2, 0.25) is 0 Å². The smallest absolute Gasteiger partial charge is 0.330 e. The van der Waals surface area contributed by atoms with Gasteiger partial charge in [0.1, 0.15) is 6.10 Å². The van der Waals surface area contributed by atoms with Crippen molar-refractivity contribution in [2.24, 2.45) is 47.3 Å². The Morgan fingerprint density at radius 3 is 2.42 bits per heavy atom. The van der Waals surface area contributed by atoms with Crippen molar-refractivity contribution >= 4 is 5.97 Å². The second-order valence-corrected chi connectivity index (χ2v) is 7.43. The van der Waals surface area contributed by atoms with E-state index in [-0.39, 0.29) is 12.1 Å². The molecule has 4 bridgehead atoms. The van der Waals surface area contributed by atoms with Crippen molar-refractivity contribution in [3.8, 4) is 0 Å². The Balaban J connectivity index is 1.61. The first-order chi connectivity index (χ1) is 9.13. The molecule has 4 saturated carbocycles. The van der Waals surface area contributed by atoms with Crippen LogP contribution in [0.25, 0.3) is 0 Å². The van der Waals surface area contributed by atoms with E-state index in [4.69, 9.17) is 4.74 Å². The number of carbonyl (C=O) groups is 1. The molecule has 19 heavy (non-hydrogen) atoms. The van der Waals surface area contributed by atoms with Gasteiger partial charge in [-0.25, -0.2) is 4.79 Å². The van der Waals surface area contributed by atoms with E-state index in [2.05, 4.69) is 20.4 Å². The Labute approximate surface area is 115 Å². The highest BCUT2D eigenvalue weighted by atomic mass is 16.5. The molecule has 2 nitrogen and oxygen atoms in total. The first-order valence-corrected chi connectivity index (χ1v) is 7.96. The van der Waals surface area contributed by atoms with Gasteiger partial charge in [0, 0.05) is 12.0 Å². The van der Waals surface area contributed by atoms with Crippen LogP contribution in [0.1, 0.15) is 33.1 Å². The summed E-state index contributed by atoms with van der Waals surface area (Å²) in [5, 5.41) is 0. The predicted molar refractivity (Wildman–Crippen MR) is 73.2 cm³/mol. The molecule has 0 aliphatic heterocycles. The highest BCUT2D eigenvalue weighted by Crippen LogP contribution is 2.71. The summed E-state index contributed by atoms with van der Waals surface area (Å²) in [4.78, 5) is 11.5. The second-order valence-electron chi connectivity index (χ2n) is 7.43. The molecule has 0 spiro atoms. The van der Waals surface area contributed by atoms with Gasteiger partial charge in [-0.15, -0.1) is 0 Å². The van der Waals surface area contributed by atoms with Crippen LogP contribution in [0.5, 0.6) is 0 Å². The number of carbonyl (C=O) groups excluding carboxylic acids is 1. The lowest BCUT2D eigenvalue weighted by Crippen LogP contribution is -2.37. The minimum atomic E-state index is -0.225. The number of ether oxygens (including phenoxy) is 1. The van der Waals surface area contributed by atoms with Gasteiger partial charge in [-0.3, -0.25) is 0 Å². The molecule has 4 aliphatic rings. The molecular weight excluding hydrogens is 236 g/mol. The third kappa shape index (κ3) is 1.35. The fraction of sp³-hybridized carbons (Fsp3) is 0.824. The fourth-order valence-corrected chi connectivity index (χ4v) is 6.72. The lowest BCUT2D eigenvalue weighted by Gasteiger charge is -2.38. The van der Waals surface area contributed by atoms with Crippen molar-refractivity contribution in [2.45, 2.75) is 39.2 Å². The molecule has 0 N–H and O–H groups in total. The van der Waals surface area contributed by atoms with E-state index in [1.165, 1.54) is 18.9 Å². The molecule has 4 fully saturated rings. The lowest BCUT2D eigenvalue weighted by molar-refractivity contribution is -0.148. The number of esters is 1. The van der Waals surface area contributed by atoms with E-state index in [1.807, 2.05) is 0 Å². The van der Waals surface area contributed by atoms with Crippen molar-refractivity contribution < 1.29 is 9.53 Å². The van der Waals surface area contributed by atoms with Crippen LogP contribution in [0.2, 0.25) is 0 Å². The Morgan fingerprint density at radius 2 is 1.74 bits per heavy atom. The van der Waals surface area contributed by atoms with Crippen molar-refractivity contribution in [1.29, 1.82) is 0 Å². The molecular formula is C17H24O2. The topological polar surface area (TPSA) is 26.3 Å². The Bertz CT molecular complexity index is 429. The largest absolute Gasteiger partial charge is 0.459 e. The third-order valence-corrected chi connectivity index (χ3v) is 7.21. The number of fused-ring (bicyclic) bond motifs is 9. The Hall–Kier alpha value is -0.790. The predicted octanol–water partition coefficient (Wildman–Crippen LogP) is 3.28. The molecule has 104 valence electrons. The highest BCUT2D eigenvalue weighted by Gasteiger charge is 2.68. The summed E-state index contributed by atoms with van der Waals surface area (Å²) in [6, 6.07) is 0. The number of hydrogen-bond donors (Lipinski definition) is 0. The summed E-state index contributed by atoms with van der Waals surface area (Å²) < 4.78 is 5.66. The highest BCUT2D eigenvalue weighted by molar-refractivity contribution is 5.81. The third-order valence-electron chi connectivity index (χ3n) is 7.21. The van der Waals surface area contributed by atoms with E-state index in [1.54, 1.807) is 0 Å². The molecule has 4 rings (SSSR count). The maximum atomic E-state index is 11.5. The van der Waals surface area contributed by atoms with Gasteiger partial charge >= 0.3 is 5.97 Å². The van der Waals surface area contributed by atoms with Crippen molar-refractivity contribution in [3.63, 3.8) is 0 Å². The monoisotopic (exact) mass is 260 g/mol. The molecule has 0 radical (unpaired) electrons. The molecule has 0 saturated heterocycles. The zero-order chi connectivity index (χ0) is 13.3. The lowest BCUT2D eigenvalue weighted by atomic mass is 9.70. The van der Waals surface area contributed by atoms with Gasteiger partial charge < -0.3 is 4.74 Å². The van der Waals surface area contributed by atoms with Gasteiger partial charge in [0.25, 0.3) is 0 Å². The standard InChI is InChI=1S/C17H24O2/c1-4-14(18)19-13-7-12-9(3)15(13)17-11-6-5-10(8(11)2)16(12)17/h4,8-13,15-17H,1,5-7H2,2-3H3. The summed E-state index contributed by atoms with van der Waals surface area (Å²) in [6.07, 6.45) is 5.49. The number of rotatable bonds is 2. The minimum absolute atomic E-state index is 0.179. The quantitative estimate of drug-likeness (QED) is 0.433. The fourth-order valence-electron chi connectivity index (χ4n) is 6.72. The summed E-state index contributed by atoms with van der Waals surface area (Å²) in [5.41, 5.74) is 0. The normalized spacial score (nSPS) is 57.3. The average Bonchev–Trinajstić information content (AvgIpc) is 3.07. The maximum Gasteiger partial charge on any atom is 0.330 e. The molecule has 0 aromatic carbocycles. The SMILES string of the molecule is C=CC(=O)OC1CC2C(C)C1C1C3CCC(C3C)C21. The van der Waals surface area contributed by atoms with Crippen LogP contribution in [-0.2, 0) is 9.53 Å². The second kappa shape index (κ2) is 3.86. The summed E-state index contributed by atoms with van der Waals surface area (Å²) in [7, 11) is 0.